The average molecular weight is 537 g/mol. The first-order chi connectivity index (χ1) is 17.5. The second-order valence-corrected chi connectivity index (χ2v) is 10.3. The molecule has 2 aliphatic heterocycles. The van der Waals surface area contributed by atoms with Crippen LogP contribution < -0.4 is 9.47 Å². The number of rotatable bonds is 5. The highest BCUT2D eigenvalue weighted by molar-refractivity contribution is 8.18. The third-order valence-corrected chi connectivity index (χ3v) is 7.59. The van der Waals surface area contributed by atoms with E-state index in [1.807, 2.05) is 54.7 Å². The van der Waals surface area contributed by atoms with Crippen molar-refractivity contribution < 1.29 is 19.1 Å². The molecule has 0 spiro atoms. The van der Waals surface area contributed by atoms with E-state index >= 15 is 0 Å². The molecule has 0 atom stereocenters. The van der Waals surface area contributed by atoms with Gasteiger partial charge in [-0.3, -0.25) is 14.5 Å². The standard InChI is InChI=1S/C27H18Cl2N2O4S/c28-19-5-3-4-16(8-19)12-30-13-17(20-6-1-2-7-22(20)30)10-25-26(32)31(27(33)36-25)14-18-9-23-24(11-21(18)29)35-15-34-23/h1-11,13H,12,14-15H2/b25-10-. The Labute approximate surface area is 221 Å². The summed E-state index contributed by atoms with van der Waals surface area (Å²) in [7, 11) is 0. The second kappa shape index (κ2) is 9.24. The van der Waals surface area contributed by atoms with Crippen LogP contribution in [-0.4, -0.2) is 27.4 Å². The Balaban J connectivity index is 1.30. The Morgan fingerprint density at radius 1 is 0.944 bits per heavy atom. The molecule has 0 N–H and O–H groups in total. The molecule has 2 amide bonds. The molecule has 180 valence electrons. The Bertz CT molecular complexity index is 1580. The summed E-state index contributed by atoms with van der Waals surface area (Å²) in [4.78, 5) is 27.6. The van der Waals surface area contributed by atoms with E-state index in [1.54, 1.807) is 18.2 Å². The van der Waals surface area contributed by atoms with Crippen LogP contribution in [0.4, 0.5) is 4.79 Å². The zero-order valence-electron chi connectivity index (χ0n) is 18.7. The van der Waals surface area contributed by atoms with Crippen molar-refractivity contribution in [2.24, 2.45) is 0 Å². The second-order valence-electron chi connectivity index (χ2n) is 8.42. The van der Waals surface area contributed by atoms with Gasteiger partial charge >= 0.3 is 0 Å². The van der Waals surface area contributed by atoms with Gasteiger partial charge in [0.1, 0.15) is 0 Å². The summed E-state index contributed by atoms with van der Waals surface area (Å²) in [6, 6.07) is 19.0. The molecular weight excluding hydrogens is 519 g/mol. The number of imide groups is 1. The van der Waals surface area contributed by atoms with E-state index < -0.39 is 0 Å². The molecule has 0 aliphatic carbocycles. The molecule has 0 radical (unpaired) electrons. The molecule has 1 fully saturated rings. The number of carbonyl (C=O) groups is 2. The van der Waals surface area contributed by atoms with E-state index in [-0.39, 0.29) is 24.5 Å². The van der Waals surface area contributed by atoms with Crippen molar-refractivity contribution >= 4 is 63.1 Å². The topological polar surface area (TPSA) is 60.8 Å². The number of hydrogen-bond donors (Lipinski definition) is 0. The SMILES string of the molecule is O=C1S/C(=C\c2cn(Cc3cccc(Cl)c3)c3ccccc23)C(=O)N1Cc1cc2c(cc1Cl)OCO2. The molecular formula is C27H18Cl2N2O4S. The highest BCUT2D eigenvalue weighted by Gasteiger charge is 2.36. The van der Waals surface area contributed by atoms with Crippen molar-refractivity contribution in [1.82, 2.24) is 9.47 Å². The van der Waals surface area contributed by atoms with E-state index in [1.165, 1.54) is 4.90 Å². The number of fused-ring (bicyclic) bond motifs is 2. The largest absolute Gasteiger partial charge is 0.454 e. The number of aromatic nitrogens is 1. The zero-order chi connectivity index (χ0) is 24.8. The smallest absolute Gasteiger partial charge is 0.293 e. The van der Waals surface area contributed by atoms with Gasteiger partial charge in [-0.2, -0.15) is 0 Å². The van der Waals surface area contributed by atoms with Crippen LogP contribution in [0.15, 0.2) is 71.8 Å². The molecule has 6 nitrogen and oxygen atoms in total. The van der Waals surface area contributed by atoms with Crippen molar-refractivity contribution in [2.45, 2.75) is 13.1 Å². The third-order valence-electron chi connectivity index (χ3n) is 6.09. The van der Waals surface area contributed by atoms with Gasteiger partial charge in [0, 0.05) is 45.3 Å². The maximum atomic E-state index is 13.2. The Hall–Kier alpha value is -3.39. The normalized spacial score (nSPS) is 16.1. The quantitative estimate of drug-likeness (QED) is 0.258. The van der Waals surface area contributed by atoms with Gasteiger partial charge in [-0.15, -0.1) is 0 Å². The molecule has 36 heavy (non-hydrogen) atoms. The van der Waals surface area contributed by atoms with Crippen molar-refractivity contribution in [1.29, 1.82) is 0 Å². The first kappa shape index (κ1) is 23.0. The zero-order valence-corrected chi connectivity index (χ0v) is 21.1. The van der Waals surface area contributed by atoms with Crippen LogP contribution in [0, 0.1) is 0 Å². The molecule has 0 saturated carbocycles. The highest BCUT2D eigenvalue weighted by atomic mass is 35.5. The van der Waals surface area contributed by atoms with Crippen LogP contribution in [0.3, 0.4) is 0 Å². The van der Waals surface area contributed by atoms with Crippen molar-refractivity contribution in [3.63, 3.8) is 0 Å². The maximum Gasteiger partial charge on any atom is 0.293 e. The van der Waals surface area contributed by atoms with Crippen molar-refractivity contribution in [3.05, 3.63) is 98.5 Å². The fourth-order valence-electron chi connectivity index (χ4n) is 4.38. The van der Waals surface area contributed by atoms with Crippen molar-refractivity contribution in [2.75, 3.05) is 6.79 Å². The first-order valence-corrected chi connectivity index (χ1v) is 12.7. The number of ether oxygens (including phenoxy) is 2. The van der Waals surface area contributed by atoms with Gasteiger partial charge in [0.15, 0.2) is 11.5 Å². The van der Waals surface area contributed by atoms with E-state index in [0.29, 0.717) is 38.6 Å². The van der Waals surface area contributed by atoms with Gasteiger partial charge in [0.05, 0.1) is 11.4 Å². The Morgan fingerprint density at radius 2 is 1.75 bits per heavy atom. The number of nitrogens with zero attached hydrogens (tertiary/aromatic N) is 2. The molecule has 2 aliphatic rings. The fraction of sp³-hybridized carbons (Fsp3) is 0.111. The van der Waals surface area contributed by atoms with Gasteiger partial charge in [0.2, 0.25) is 6.79 Å². The van der Waals surface area contributed by atoms with Gasteiger partial charge in [-0.25, -0.2) is 0 Å². The van der Waals surface area contributed by atoms with E-state index in [4.69, 9.17) is 32.7 Å². The lowest BCUT2D eigenvalue weighted by Crippen LogP contribution is -2.27. The van der Waals surface area contributed by atoms with Crippen LogP contribution in [0.5, 0.6) is 11.5 Å². The fourth-order valence-corrected chi connectivity index (χ4v) is 5.64. The summed E-state index contributed by atoms with van der Waals surface area (Å²) in [6.45, 7) is 0.789. The van der Waals surface area contributed by atoms with Crippen LogP contribution in [0.2, 0.25) is 10.0 Å². The molecule has 4 aromatic rings. The van der Waals surface area contributed by atoms with E-state index in [9.17, 15) is 9.59 Å². The predicted molar refractivity (Wildman–Crippen MR) is 142 cm³/mol. The highest BCUT2D eigenvalue weighted by Crippen LogP contribution is 2.40. The molecule has 0 unspecified atom stereocenters. The number of benzene rings is 3. The molecule has 1 saturated heterocycles. The lowest BCUT2D eigenvalue weighted by atomic mass is 10.1. The summed E-state index contributed by atoms with van der Waals surface area (Å²) in [5.74, 6) is 0.738. The lowest BCUT2D eigenvalue weighted by Gasteiger charge is -2.14. The molecule has 9 heteroatoms. The molecule has 6 rings (SSSR count). The number of carbonyl (C=O) groups excluding carboxylic acids is 2. The maximum absolute atomic E-state index is 13.2. The number of para-hydroxylation sites is 1. The molecule has 3 aromatic carbocycles. The summed E-state index contributed by atoms with van der Waals surface area (Å²) < 4.78 is 12.9. The van der Waals surface area contributed by atoms with Crippen LogP contribution in [-0.2, 0) is 17.9 Å². The van der Waals surface area contributed by atoms with Gasteiger partial charge in [-0.05, 0) is 53.2 Å². The van der Waals surface area contributed by atoms with Gasteiger partial charge < -0.3 is 14.0 Å². The summed E-state index contributed by atoms with van der Waals surface area (Å²) >= 11 is 13.5. The monoisotopic (exact) mass is 536 g/mol. The van der Waals surface area contributed by atoms with Gasteiger partial charge in [-0.1, -0.05) is 53.5 Å². The number of hydrogen-bond acceptors (Lipinski definition) is 5. The number of thioether (sulfide) groups is 1. The third kappa shape index (κ3) is 4.23. The predicted octanol–water partition coefficient (Wildman–Crippen LogP) is 6.96. The summed E-state index contributed by atoms with van der Waals surface area (Å²) in [5.41, 5.74) is 3.56. The summed E-state index contributed by atoms with van der Waals surface area (Å²) in [6.07, 6.45) is 3.78. The average Bonchev–Trinajstić information content (AvgIpc) is 3.52. The minimum Gasteiger partial charge on any atom is -0.454 e. The van der Waals surface area contributed by atoms with E-state index in [0.717, 1.165) is 33.8 Å². The number of amides is 2. The Kier molecular flexibility index (Phi) is 5.91. The first-order valence-electron chi connectivity index (χ1n) is 11.1. The Morgan fingerprint density at radius 3 is 2.58 bits per heavy atom. The van der Waals surface area contributed by atoms with Crippen LogP contribution >= 0.6 is 35.0 Å². The molecule has 3 heterocycles. The van der Waals surface area contributed by atoms with Gasteiger partial charge in [0.25, 0.3) is 11.1 Å². The molecule has 0 bridgehead atoms. The van der Waals surface area contributed by atoms with Crippen molar-refractivity contribution in [3.8, 4) is 11.5 Å². The van der Waals surface area contributed by atoms with Crippen LogP contribution in [0.25, 0.3) is 17.0 Å². The number of halogens is 2. The minimum absolute atomic E-state index is 0.0496. The summed E-state index contributed by atoms with van der Waals surface area (Å²) in [5, 5.41) is 1.74. The van der Waals surface area contributed by atoms with E-state index in [2.05, 4.69) is 4.57 Å². The lowest BCUT2D eigenvalue weighted by molar-refractivity contribution is -0.123. The van der Waals surface area contributed by atoms with Crippen LogP contribution in [0.1, 0.15) is 16.7 Å². The molecule has 1 aromatic heterocycles. The minimum atomic E-state index is -0.356.